The Hall–Kier alpha value is -1.22. The van der Waals surface area contributed by atoms with Gasteiger partial charge in [0.2, 0.25) is 0 Å². The minimum absolute atomic E-state index is 0.318. The molecule has 2 unspecified atom stereocenters. The van der Waals surface area contributed by atoms with Crippen molar-refractivity contribution in [1.29, 1.82) is 0 Å². The monoisotopic (exact) mass is 263 g/mol. The van der Waals surface area contributed by atoms with Crippen molar-refractivity contribution in [3.05, 3.63) is 23.8 Å². The second-order valence-electron chi connectivity index (χ2n) is 5.17. The maximum absolute atomic E-state index is 6.11. The van der Waals surface area contributed by atoms with Crippen LogP contribution in [0.5, 0.6) is 11.5 Å². The van der Waals surface area contributed by atoms with Crippen molar-refractivity contribution in [2.24, 2.45) is 0 Å². The van der Waals surface area contributed by atoms with E-state index in [0.717, 1.165) is 43.7 Å². The van der Waals surface area contributed by atoms with Crippen LogP contribution in [0.15, 0.2) is 18.2 Å². The number of nitrogens with one attached hydrogen (secondary N) is 1. The third-order valence-electron chi connectivity index (χ3n) is 3.64. The summed E-state index contributed by atoms with van der Waals surface area (Å²) in [6, 6.07) is 6.57. The van der Waals surface area contributed by atoms with Crippen molar-refractivity contribution in [2.45, 2.75) is 51.7 Å². The molecule has 3 nitrogen and oxygen atoms in total. The largest absolute Gasteiger partial charge is 0.497 e. The number of hydrogen-bond donors (Lipinski definition) is 1. The van der Waals surface area contributed by atoms with E-state index < -0.39 is 0 Å². The molecule has 3 heteroatoms. The zero-order valence-corrected chi connectivity index (χ0v) is 12.2. The first-order chi connectivity index (χ1) is 9.28. The number of hydrogen-bond acceptors (Lipinski definition) is 3. The van der Waals surface area contributed by atoms with Gasteiger partial charge in [0.05, 0.1) is 7.11 Å². The second kappa shape index (κ2) is 6.80. The van der Waals surface area contributed by atoms with Crippen LogP contribution in [0.4, 0.5) is 0 Å². The standard InChI is InChI=1S/C16H25NO2/c1-4-6-13-10-15(17-9-5-2)14-8-7-12(18-3)11-16(14)19-13/h7-8,11,13,15,17H,4-6,9-10H2,1-3H3. The molecule has 1 aliphatic heterocycles. The quantitative estimate of drug-likeness (QED) is 0.849. The molecule has 0 spiro atoms. The molecule has 1 aromatic carbocycles. The summed E-state index contributed by atoms with van der Waals surface area (Å²) in [4.78, 5) is 0. The van der Waals surface area contributed by atoms with Crippen LogP contribution in [0, 0.1) is 0 Å². The van der Waals surface area contributed by atoms with E-state index in [4.69, 9.17) is 9.47 Å². The maximum atomic E-state index is 6.11. The first-order valence-corrected chi connectivity index (χ1v) is 7.36. The fourth-order valence-electron chi connectivity index (χ4n) is 2.66. The van der Waals surface area contributed by atoms with Crippen molar-refractivity contribution in [3.8, 4) is 11.5 Å². The van der Waals surface area contributed by atoms with Gasteiger partial charge < -0.3 is 14.8 Å². The van der Waals surface area contributed by atoms with E-state index in [9.17, 15) is 0 Å². The van der Waals surface area contributed by atoms with E-state index in [1.807, 2.05) is 12.1 Å². The molecule has 106 valence electrons. The van der Waals surface area contributed by atoms with Crippen LogP contribution in [0.25, 0.3) is 0 Å². The van der Waals surface area contributed by atoms with Crippen LogP contribution in [0.2, 0.25) is 0 Å². The third-order valence-corrected chi connectivity index (χ3v) is 3.64. The topological polar surface area (TPSA) is 30.5 Å². The summed E-state index contributed by atoms with van der Waals surface area (Å²) < 4.78 is 11.4. The highest BCUT2D eigenvalue weighted by Gasteiger charge is 2.27. The van der Waals surface area contributed by atoms with Crippen molar-refractivity contribution in [3.63, 3.8) is 0 Å². The van der Waals surface area contributed by atoms with Crippen LogP contribution in [-0.2, 0) is 0 Å². The minimum Gasteiger partial charge on any atom is -0.497 e. The number of methoxy groups -OCH3 is 1. The Morgan fingerprint density at radius 2 is 2.16 bits per heavy atom. The lowest BCUT2D eigenvalue weighted by Crippen LogP contribution is -2.33. The van der Waals surface area contributed by atoms with E-state index >= 15 is 0 Å². The molecule has 1 aromatic rings. The van der Waals surface area contributed by atoms with Gasteiger partial charge in [-0.1, -0.05) is 26.3 Å². The van der Waals surface area contributed by atoms with Gasteiger partial charge in [0.25, 0.3) is 0 Å². The molecule has 2 rings (SSSR count). The Labute approximate surface area is 116 Å². The van der Waals surface area contributed by atoms with Gasteiger partial charge in [0.1, 0.15) is 17.6 Å². The lowest BCUT2D eigenvalue weighted by molar-refractivity contribution is 0.139. The molecule has 0 aromatic heterocycles. The smallest absolute Gasteiger partial charge is 0.128 e. The highest BCUT2D eigenvalue weighted by Crippen LogP contribution is 2.38. The highest BCUT2D eigenvalue weighted by atomic mass is 16.5. The number of benzene rings is 1. The Morgan fingerprint density at radius 1 is 1.32 bits per heavy atom. The van der Waals surface area contributed by atoms with Gasteiger partial charge in [-0.3, -0.25) is 0 Å². The lowest BCUT2D eigenvalue weighted by Gasteiger charge is -2.33. The molecule has 19 heavy (non-hydrogen) atoms. The van der Waals surface area contributed by atoms with E-state index in [1.165, 1.54) is 5.56 Å². The minimum atomic E-state index is 0.318. The number of rotatable bonds is 6. The van der Waals surface area contributed by atoms with Gasteiger partial charge in [-0.05, 0) is 25.5 Å². The first kappa shape index (κ1) is 14.2. The molecule has 0 bridgehead atoms. The molecule has 0 aliphatic carbocycles. The van der Waals surface area contributed by atoms with Gasteiger partial charge in [0.15, 0.2) is 0 Å². The van der Waals surface area contributed by atoms with Crippen LogP contribution in [0.3, 0.4) is 0 Å². The van der Waals surface area contributed by atoms with E-state index in [0.29, 0.717) is 12.1 Å². The molecule has 2 atom stereocenters. The SMILES string of the molecule is CCCNC1CC(CCC)Oc2cc(OC)ccc21. The molecule has 0 saturated carbocycles. The zero-order chi connectivity index (χ0) is 13.7. The Bertz CT molecular complexity index is 406. The molecule has 1 N–H and O–H groups in total. The van der Waals surface area contributed by atoms with Gasteiger partial charge in [-0.25, -0.2) is 0 Å². The normalized spacial score (nSPS) is 21.6. The van der Waals surface area contributed by atoms with E-state index in [2.05, 4.69) is 25.2 Å². The predicted octanol–water partition coefficient (Wildman–Crippen LogP) is 3.69. The molecule has 1 heterocycles. The van der Waals surface area contributed by atoms with Crippen LogP contribution >= 0.6 is 0 Å². The average Bonchev–Trinajstić information content (AvgIpc) is 2.44. The number of ether oxygens (including phenoxy) is 2. The Kier molecular flexibility index (Phi) is 5.08. The Morgan fingerprint density at radius 3 is 2.84 bits per heavy atom. The van der Waals surface area contributed by atoms with Crippen LogP contribution < -0.4 is 14.8 Å². The molecule has 0 amide bonds. The van der Waals surface area contributed by atoms with E-state index in [-0.39, 0.29) is 0 Å². The Balaban J connectivity index is 2.21. The van der Waals surface area contributed by atoms with Gasteiger partial charge in [0, 0.05) is 24.1 Å². The molecule has 1 aliphatic rings. The fourth-order valence-corrected chi connectivity index (χ4v) is 2.66. The summed E-state index contributed by atoms with van der Waals surface area (Å²) in [7, 11) is 1.70. The highest BCUT2D eigenvalue weighted by molar-refractivity contribution is 5.44. The third kappa shape index (κ3) is 3.41. The van der Waals surface area contributed by atoms with Crippen molar-refractivity contribution in [1.82, 2.24) is 5.32 Å². The summed E-state index contributed by atoms with van der Waals surface area (Å²) in [5, 5.41) is 3.63. The van der Waals surface area contributed by atoms with Crippen LogP contribution in [-0.4, -0.2) is 19.8 Å². The number of fused-ring (bicyclic) bond motifs is 1. The summed E-state index contributed by atoms with van der Waals surface area (Å²) in [5.41, 5.74) is 1.27. The average molecular weight is 263 g/mol. The molecule has 0 radical (unpaired) electrons. The summed E-state index contributed by atoms with van der Waals surface area (Å²) in [6.45, 7) is 5.46. The summed E-state index contributed by atoms with van der Waals surface area (Å²) in [6.07, 6.45) is 4.80. The molecular weight excluding hydrogens is 238 g/mol. The van der Waals surface area contributed by atoms with Gasteiger partial charge in [-0.15, -0.1) is 0 Å². The van der Waals surface area contributed by atoms with Crippen molar-refractivity contribution < 1.29 is 9.47 Å². The van der Waals surface area contributed by atoms with Crippen LogP contribution in [0.1, 0.15) is 51.1 Å². The first-order valence-electron chi connectivity index (χ1n) is 7.36. The maximum Gasteiger partial charge on any atom is 0.128 e. The summed E-state index contributed by atoms with van der Waals surface area (Å²) >= 11 is 0. The predicted molar refractivity (Wildman–Crippen MR) is 78.0 cm³/mol. The van der Waals surface area contributed by atoms with E-state index in [1.54, 1.807) is 7.11 Å². The van der Waals surface area contributed by atoms with Crippen molar-refractivity contribution in [2.75, 3.05) is 13.7 Å². The molecular formula is C16H25NO2. The van der Waals surface area contributed by atoms with Gasteiger partial charge in [-0.2, -0.15) is 0 Å². The second-order valence-corrected chi connectivity index (χ2v) is 5.17. The van der Waals surface area contributed by atoms with Gasteiger partial charge >= 0.3 is 0 Å². The zero-order valence-electron chi connectivity index (χ0n) is 12.2. The lowest BCUT2D eigenvalue weighted by atomic mass is 9.94. The fraction of sp³-hybridized carbons (Fsp3) is 0.625. The van der Waals surface area contributed by atoms with Crippen molar-refractivity contribution >= 4 is 0 Å². The summed E-state index contributed by atoms with van der Waals surface area (Å²) in [5.74, 6) is 1.85. The molecule has 0 fully saturated rings. The molecule has 0 saturated heterocycles.